The molecule has 6 heteroatoms. The molecule has 0 aromatic heterocycles. The Morgan fingerprint density at radius 2 is 1.80 bits per heavy atom. The molecule has 6 nitrogen and oxygen atoms in total. The van der Waals surface area contributed by atoms with Crippen LogP contribution < -0.4 is 11.5 Å². The Balaban J connectivity index is 2.82. The third-order valence-electron chi connectivity index (χ3n) is 2.10. The minimum absolute atomic E-state index is 0.201. The minimum Gasteiger partial charge on any atom is -0.300 e. The molecule has 1 rings (SSSR count). The Bertz CT molecular complexity index is 329. The molecule has 0 saturated heterocycles. The zero-order chi connectivity index (χ0) is 11.6. The normalized spacial score (nSPS) is 16.3. The number of hydrogen-bond acceptors (Lipinski definition) is 5. The number of carbonyl (C=O) groups excluding carboxylic acids is 3. The van der Waals surface area contributed by atoms with E-state index in [1.54, 1.807) is 6.92 Å². The first-order valence-corrected chi connectivity index (χ1v) is 4.54. The van der Waals surface area contributed by atoms with Crippen LogP contribution in [0.3, 0.4) is 0 Å². The average molecular weight is 211 g/mol. The summed E-state index contributed by atoms with van der Waals surface area (Å²) in [5.74, 6) is -3.11. The Hall–Kier alpha value is -1.53. The van der Waals surface area contributed by atoms with Crippen LogP contribution in [-0.2, 0) is 14.4 Å². The molecule has 0 radical (unpaired) electrons. The van der Waals surface area contributed by atoms with Crippen LogP contribution in [0.5, 0.6) is 0 Å². The maximum atomic E-state index is 11.2. The molecule has 0 aromatic rings. The van der Waals surface area contributed by atoms with E-state index in [0.29, 0.717) is 4.90 Å². The van der Waals surface area contributed by atoms with E-state index in [0.717, 1.165) is 12.2 Å². The molecule has 1 aliphatic heterocycles. The lowest BCUT2D eigenvalue weighted by Crippen LogP contribution is -2.65. The van der Waals surface area contributed by atoms with Crippen molar-refractivity contribution < 1.29 is 14.4 Å². The van der Waals surface area contributed by atoms with Crippen molar-refractivity contribution in [1.29, 1.82) is 0 Å². The van der Waals surface area contributed by atoms with Crippen LogP contribution in [0.15, 0.2) is 12.2 Å². The van der Waals surface area contributed by atoms with Gasteiger partial charge in [0, 0.05) is 18.6 Å². The number of hydrogen-bond donors (Lipinski definition) is 2. The number of imide groups is 1. The lowest BCUT2D eigenvalue weighted by Gasteiger charge is -2.32. The van der Waals surface area contributed by atoms with Crippen LogP contribution in [0.4, 0.5) is 0 Å². The summed E-state index contributed by atoms with van der Waals surface area (Å²) in [6, 6.07) is 0. The molecule has 0 aliphatic carbocycles. The van der Waals surface area contributed by atoms with Gasteiger partial charge < -0.3 is 0 Å². The number of nitrogens with zero attached hydrogens (tertiary/aromatic N) is 1. The minimum atomic E-state index is -1.73. The predicted octanol–water partition coefficient (Wildman–Crippen LogP) is -1.15. The molecule has 4 N–H and O–H groups in total. The maximum Gasteiger partial charge on any atom is 0.256 e. The Morgan fingerprint density at radius 1 is 1.33 bits per heavy atom. The molecule has 0 bridgehead atoms. The summed E-state index contributed by atoms with van der Waals surface area (Å²) in [7, 11) is 0. The highest BCUT2D eigenvalue weighted by Crippen LogP contribution is 2.15. The monoisotopic (exact) mass is 211 g/mol. The van der Waals surface area contributed by atoms with E-state index in [4.69, 9.17) is 11.5 Å². The van der Waals surface area contributed by atoms with Gasteiger partial charge in [0.15, 0.2) is 5.79 Å². The number of rotatable bonds is 4. The highest BCUT2D eigenvalue weighted by Gasteiger charge is 2.39. The van der Waals surface area contributed by atoms with Crippen molar-refractivity contribution in [2.24, 2.45) is 11.5 Å². The Kier molecular flexibility index (Phi) is 3.01. The number of nitrogens with two attached hydrogens (primary N) is 2. The van der Waals surface area contributed by atoms with Crippen molar-refractivity contribution in [2.45, 2.75) is 25.6 Å². The van der Waals surface area contributed by atoms with Crippen molar-refractivity contribution in [3.63, 3.8) is 0 Å². The van der Waals surface area contributed by atoms with E-state index in [1.165, 1.54) is 0 Å². The van der Waals surface area contributed by atoms with Crippen LogP contribution in [-0.4, -0.2) is 28.3 Å². The molecule has 0 fully saturated rings. The van der Waals surface area contributed by atoms with E-state index in [2.05, 4.69) is 0 Å². The molecule has 0 saturated carbocycles. The average Bonchev–Trinajstić information content (AvgIpc) is 2.45. The van der Waals surface area contributed by atoms with Gasteiger partial charge in [0.25, 0.3) is 11.8 Å². The quantitative estimate of drug-likeness (QED) is 0.451. The topological polar surface area (TPSA) is 106 Å². The standard InChI is InChI=1S/C9H13N3O3/c1-2-6(13)5-9(10,11)12-7(14)3-4-8(12)15/h3-4H,2,5,10-11H2,1H3. The summed E-state index contributed by atoms with van der Waals surface area (Å²) in [5, 5.41) is 0. The Morgan fingerprint density at radius 3 is 2.20 bits per heavy atom. The molecule has 1 heterocycles. The van der Waals surface area contributed by atoms with Crippen LogP contribution in [0.2, 0.25) is 0 Å². The highest BCUT2D eigenvalue weighted by molar-refractivity contribution is 6.13. The van der Waals surface area contributed by atoms with Crippen LogP contribution in [0, 0.1) is 0 Å². The largest absolute Gasteiger partial charge is 0.300 e. The van der Waals surface area contributed by atoms with Gasteiger partial charge in [0.2, 0.25) is 0 Å². The fourth-order valence-corrected chi connectivity index (χ4v) is 1.33. The zero-order valence-corrected chi connectivity index (χ0v) is 8.40. The fourth-order valence-electron chi connectivity index (χ4n) is 1.33. The fraction of sp³-hybridized carbons (Fsp3) is 0.444. The third-order valence-corrected chi connectivity index (χ3v) is 2.10. The van der Waals surface area contributed by atoms with Gasteiger partial charge in [-0.25, -0.2) is 4.90 Å². The third kappa shape index (κ3) is 2.28. The number of Topliss-reactive ketones (excluding diaryl/α,β-unsaturated/α-hetero) is 1. The summed E-state index contributed by atoms with van der Waals surface area (Å²) in [6.07, 6.45) is 2.18. The summed E-state index contributed by atoms with van der Waals surface area (Å²) in [4.78, 5) is 34.4. The van der Waals surface area contributed by atoms with Gasteiger partial charge in [0.1, 0.15) is 5.78 Å². The lowest BCUT2D eigenvalue weighted by atomic mass is 10.1. The molecule has 0 unspecified atom stereocenters. The first kappa shape index (κ1) is 11.5. The van der Waals surface area contributed by atoms with Crippen molar-refractivity contribution in [3.8, 4) is 0 Å². The molecule has 82 valence electrons. The molecular weight excluding hydrogens is 198 g/mol. The van der Waals surface area contributed by atoms with Gasteiger partial charge in [-0.05, 0) is 0 Å². The summed E-state index contributed by atoms with van der Waals surface area (Å²) in [6.45, 7) is 1.66. The molecule has 0 aromatic carbocycles. The van der Waals surface area contributed by atoms with Crippen LogP contribution >= 0.6 is 0 Å². The van der Waals surface area contributed by atoms with Gasteiger partial charge in [-0.2, -0.15) is 0 Å². The van der Waals surface area contributed by atoms with Gasteiger partial charge >= 0.3 is 0 Å². The van der Waals surface area contributed by atoms with Crippen molar-refractivity contribution in [1.82, 2.24) is 4.90 Å². The molecule has 2 amide bonds. The van der Waals surface area contributed by atoms with Crippen molar-refractivity contribution in [2.75, 3.05) is 0 Å². The second-order valence-electron chi connectivity index (χ2n) is 3.41. The van der Waals surface area contributed by atoms with Gasteiger partial charge in [-0.15, -0.1) is 0 Å². The van der Waals surface area contributed by atoms with Gasteiger partial charge in [-0.3, -0.25) is 25.9 Å². The predicted molar refractivity (Wildman–Crippen MR) is 52.0 cm³/mol. The lowest BCUT2D eigenvalue weighted by molar-refractivity contribution is -0.144. The summed E-state index contributed by atoms with van der Waals surface area (Å²) < 4.78 is 0. The number of ketones is 1. The summed E-state index contributed by atoms with van der Waals surface area (Å²) >= 11 is 0. The summed E-state index contributed by atoms with van der Waals surface area (Å²) in [5.41, 5.74) is 11.2. The SMILES string of the molecule is CCC(=O)CC(N)(N)N1C(=O)C=CC1=O. The van der Waals surface area contributed by atoms with E-state index >= 15 is 0 Å². The van der Waals surface area contributed by atoms with Crippen molar-refractivity contribution >= 4 is 17.6 Å². The van der Waals surface area contributed by atoms with Gasteiger partial charge in [-0.1, -0.05) is 6.92 Å². The first-order valence-electron chi connectivity index (χ1n) is 4.54. The van der Waals surface area contributed by atoms with E-state index in [-0.39, 0.29) is 18.6 Å². The van der Waals surface area contributed by atoms with Crippen LogP contribution in [0.25, 0.3) is 0 Å². The van der Waals surface area contributed by atoms with Gasteiger partial charge in [0.05, 0.1) is 6.42 Å². The zero-order valence-electron chi connectivity index (χ0n) is 8.40. The number of carbonyl (C=O) groups is 3. The van der Waals surface area contributed by atoms with E-state index in [1.807, 2.05) is 0 Å². The Labute approximate surface area is 86.9 Å². The molecule has 0 atom stereocenters. The molecule has 0 spiro atoms. The van der Waals surface area contributed by atoms with Crippen molar-refractivity contribution in [3.05, 3.63) is 12.2 Å². The second kappa shape index (κ2) is 3.92. The molecule has 1 aliphatic rings. The van der Waals surface area contributed by atoms with Crippen LogP contribution in [0.1, 0.15) is 19.8 Å². The second-order valence-corrected chi connectivity index (χ2v) is 3.41. The molecular formula is C9H13N3O3. The molecule has 15 heavy (non-hydrogen) atoms. The first-order chi connectivity index (χ1) is 6.88. The maximum absolute atomic E-state index is 11.2. The smallest absolute Gasteiger partial charge is 0.256 e. The number of amides is 2. The van der Waals surface area contributed by atoms with E-state index in [9.17, 15) is 14.4 Å². The highest BCUT2D eigenvalue weighted by atomic mass is 16.2. The van der Waals surface area contributed by atoms with E-state index < -0.39 is 17.6 Å².